The highest BCUT2D eigenvalue weighted by atomic mass is 16.3. The molecule has 3 saturated carbocycles. The Morgan fingerprint density at radius 2 is 1.78 bits per heavy atom. The van der Waals surface area contributed by atoms with Crippen LogP contribution in [0, 0.1) is 10.8 Å². The summed E-state index contributed by atoms with van der Waals surface area (Å²) >= 11 is 0. The minimum atomic E-state index is -0.0562. The van der Waals surface area contributed by atoms with Gasteiger partial charge in [-0.3, -0.25) is 0 Å². The molecule has 0 saturated heterocycles. The summed E-state index contributed by atoms with van der Waals surface area (Å²) < 4.78 is 0. The summed E-state index contributed by atoms with van der Waals surface area (Å²) in [5, 5.41) is 9.28. The molecule has 0 aromatic heterocycles. The van der Waals surface area contributed by atoms with E-state index in [1.54, 1.807) is 0 Å². The highest BCUT2D eigenvalue weighted by Crippen LogP contribution is 2.74. The molecule has 3 rings (SSSR count). The maximum Gasteiger partial charge on any atom is 0.0568 e. The first-order chi connectivity index (χ1) is 4.06. The molecule has 1 N–H and O–H groups in total. The van der Waals surface area contributed by atoms with Gasteiger partial charge in [-0.05, 0) is 37.0 Å². The topological polar surface area (TPSA) is 20.2 Å². The molecule has 0 radical (unpaired) electrons. The minimum Gasteiger partial charge on any atom is -0.393 e. The molecule has 9 heavy (non-hydrogen) atoms. The summed E-state index contributed by atoms with van der Waals surface area (Å²) in [5.41, 5.74) is 1.03. The quantitative estimate of drug-likeness (QED) is 0.565. The molecule has 52 valence electrons. The second-order valence-electron chi connectivity index (χ2n) is 4.38. The normalized spacial score (nSPS) is 57.7. The SMILES string of the molecule is CC(O)C12CC(C)(C1)C2. The molecular formula is C8H14O. The fourth-order valence-electron chi connectivity index (χ4n) is 2.84. The molecule has 0 amide bonds. The Hall–Kier alpha value is -0.0400. The predicted molar refractivity (Wildman–Crippen MR) is 36.1 cm³/mol. The third-order valence-electron chi connectivity index (χ3n) is 3.22. The van der Waals surface area contributed by atoms with E-state index in [1.807, 2.05) is 6.92 Å². The van der Waals surface area contributed by atoms with Gasteiger partial charge < -0.3 is 5.11 Å². The Morgan fingerprint density at radius 1 is 1.33 bits per heavy atom. The third-order valence-corrected chi connectivity index (χ3v) is 3.22. The van der Waals surface area contributed by atoms with Gasteiger partial charge in [0, 0.05) is 0 Å². The van der Waals surface area contributed by atoms with E-state index in [9.17, 15) is 5.11 Å². The van der Waals surface area contributed by atoms with E-state index in [0.717, 1.165) is 0 Å². The third kappa shape index (κ3) is 0.493. The van der Waals surface area contributed by atoms with Crippen molar-refractivity contribution in [1.82, 2.24) is 0 Å². The largest absolute Gasteiger partial charge is 0.393 e. The van der Waals surface area contributed by atoms with Crippen molar-refractivity contribution in [2.24, 2.45) is 10.8 Å². The Kier molecular flexibility index (Phi) is 0.760. The molecule has 3 aliphatic rings. The van der Waals surface area contributed by atoms with Gasteiger partial charge in [-0.1, -0.05) is 6.92 Å². The first-order valence-electron chi connectivity index (χ1n) is 3.75. The van der Waals surface area contributed by atoms with Gasteiger partial charge in [0.2, 0.25) is 0 Å². The Bertz CT molecular complexity index is 129. The summed E-state index contributed by atoms with van der Waals surface area (Å²) in [6, 6.07) is 0. The zero-order valence-corrected chi connectivity index (χ0v) is 6.15. The standard InChI is InChI=1S/C8H14O/c1-6(9)8-3-7(2,4-8)5-8/h6,9H,3-5H2,1-2H3. The van der Waals surface area contributed by atoms with Gasteiger partial charge >= 0.3 is 0 Å². The van der Waals surface area contributed by atoms with Gasteiger partial charge in [-0.15, -0.1) is 0 Å². The van der Waals surface area contributed by atoms with Crippen LogP contribution >= 0.6 is 0 Å². The van der Waals surface area contributed by atoms with Crippen molar-refractivity contribution >= 4 is 0 Å². The van der Waals surface area contributed by atoms with Crippen LogP contribution in [0.5, 0.6) is 0 Å². The lowest BCUT2D eigenvalue weighted by Crippen LogP contribution is -2.64. The van der Waals surface area contributed by atoms with Gasteiger partial charge in [0.1, 0.15) is 0 Å². The van der Waals surface area contributed by atoms with Crippen molar-refractivity contribution < 1.29 is 5.11 Å². The smallest absolute Gasteiger partial charge is 0.0568 e. The number of aliphatic hydroxyl groups is 1. The van der Waals surface area contributed by atoms with Crippen LogP contribution in [0.1, 0.15) is 33.1 Å². The Morgan fingerprint density at radius 3 is 1.89 bits per heavy atom. The van der Waals surface area contributed by atoms with Gasteiger partial charge in [0.25, 0.3) is 0 Å². The lowest BCUT2D eigenvalue weighted by Gasteiger charge is -2.71. The average Bonchev–Trinajstić information content (AvgIpc) is 1.54. The van der Waals surface area contributed by atoms with Crippen LogP contribution in [0.2, 0.25) is 0 Å². The molecule has 1 nitrogen and oxygen atoms in total. The maximum absolute atomic E-state index is 9.28. The van der Waals surface area contributed by atoms with Crippen LogP contribution < -0.4 is 0 Å². The van der Waals surface area contributed by atoms with E-state index in [-0.39, 0.29) is 6.10 Å². The van der Waals surface area contributed by atoms with E-state index < -0.39 is 0 Å². The van der Waals surface area contributed by atoms with Crippen molar-refractivity contribution in [3.8, 4) is 0 Å². The van der Waals surface area contributed by atoms with Crippen LogP contribution in [0.15, 0.2) is 0 Å². The van der Waals surface area contributed by atoms with Gasteiger partial charge in [0.05, 0.1) is 6.10 Å². The highest BCUT2D eigenvalue weighted by molar-refractivity contribution is 5.16. The molecule has 1 unspecified atom stereocenters. The molecule has 3 fully saturated rings. The zero-order chi connectivity index (χ0) is 6.70. The molecule has 0 heterocycles. The van der Waals surface area contributed by atoms with Crippen LogP contribution in [-0.2, 0) is 0 Å². The van der Waals surface area contributed by atoms with E-state index in [1.165, 1.54) is 19.3 Å². The second kappa shape index (κ2) is 1.20. The van der Waals surface area contributed by atoms with Crippen molar-refractivity contribution in [2.75, 3.05) is 0 Å². The van der Waals surface area contributed by atoms with Gasteiger partial charge in [-0.25, -0.2) is 0 Å². The van der Waals surface area contributed by atoms with E-state index in [2.05, 4.69) is 6.92 Å². The van der Waals surface area contributed by atoms with E-state index >= 15 is 0 Å². The van der Waals surface area contributed by atoms with Crippen LogP contribution in [0.25, 0.3) is 0 Å². The van der Waals surface area contributed by atoms with Crippen molar-refractivity contribution in [1.29, 1.82) is 0 Å². The Balaban J connectivity index is 2.04. The van der Waals surface area contributed by atoms with E-state index in [4.69, 9.17) is 0 Å². The summed E-state index contributed by atoms with van der Waals surface area (Å²) in [5.74, 6) is 0. The molecule has 0 aliphatic heterocycles. The monoisotopic (exact) mass is 126 g/mol. The first-order valence-corrected chi connectivity index (χ1v) is 3.75. The fourth-order valence-corrected chi connectivity index (χ4v) is 2.84. The van der Waals surface area contributed by atoms with Crippen LogP contribution in [-0.4, -0.2) is 11.2 Å². The van der Waals surface area contributed by atoms with Crippen molar-refractivity contribution in [3.05, 3.63) is 0 Å². The fraction of sp³-hybridized carbons (Fsp3) is 1.00. The zero-order valence-electron chi connectivity index (χ0n) is 6.15. The van der Waals surface area contributed by atoms with Crippen molar-refractivity contribution in [3.63, 3.8) is 0 Å². The van der Waals surface area contributed by atoms with Gasteiger partial charge in [0.15, 0.2) is 0 Å². The predicted octanol–water partition coefficient (Wildman–Crippen LogP) is 1.56. The maximum atomic E-state index is 9.28. The number of hydrogen-bond donors (Lipinski definition) is 1. The van der Waals surface area contributed by atoms with Crippen LogP contribution in [0.3, 0.4) is 0 Å². The molecule has 2 bridgehead atoms. The second-order valence-corrected chi connectivity index (χ2v) is 4.38. The number of hydrogen-bond acceptors (Lipinski definition) is 1. The molecule has 3 aliphatic carbocycles. The minimum absolute atomic E-state index is 0.0562. The molecule has 0 aromatic carbocycles. The summed E-state index contributed by atoms with van der Waals surface area (Å²) in [7, 11) is 0. The Labute approximate surface area is 56.1 Å². The summed E-state index contributed by atoms with van der Waals surface area (Å²) in [6.07, 6.45) is 3.77. The molecule has 0 spiro atoms. The van der Waals surface area contributed by atoms with Crippen LogP contribution in [0.4, 0.5) is 0 Å². The lowest BCUT2D eigenvalue weighted by atomic mass is 9.34. The molecular weight excluding hydrogens is 112 g/mol. The summed E-state index contributed by atoms with van der Waals surface area (Å²) in [4.78, 5) is 0. The highest BCUT2D eigenvalue weighted by Gasteiger charge is 2.66. The van der Waals surface area contributed by atoms with Gasteiger partial charge in [-0.2, -0.15) is 0 Å². The lowest BCUT2D eigenvalue weighted by molar-refractivity contribution is -0.240. The number of aliphatic hydroxyl groups excluding tert-OH is 1. The molecule has 1 atom stereocenters. The number of rotatable bonds is 1. The molecule has 1 heteroatoms. The summed E-state index contributed by atoms with van der Waals surface area (Å²) in [6.45, 7) is 4.25. The first kappa shape index (κ1) is 5.72. The van der Waals surface area contributed by atoms with Crippen molar-refractivity contribution in [2.45, 2.75) is 39.2 Å². The average molecular weight is 126 g/mol. The molecule has 0 aromatic rings. The van der Waals surface area contributed by atoms with E-state index in [0.29, 0.717) is 10.8 Å².